The minimum atomic E-state index is 0.694. The highest BCUT2D eigenvalue weighted by atomic mass is 16.5. The van der Waals surface area contributed by atoms with Crippen molar-refractivity contribution in [3.8, 4) is 11.5 Å². The smallest absolute Gasteiger partial charge is 0.124 e. The molecule has 0 radical (unpaired) electrons. The van der Waals surface area contributed by atoms with E-state index >= 15 is 0 Å². The van der Waals surface area contributed by atoms with Crippen molar-refractivity contribution in [2.75, 3.05) is 25.3 Å². The fraction of sp³-hybridized carbons (Fsp3) is 0.143. The number of nitrogens with two attached hydrogens (primary N) is 1. The molecule has 0 unspecified atom stereocenters. The van der Waals surface area contributed by atoms with Gasteiger partial charge in [0.05, 0.1) is 25.6 Å². The average Bonchev–Trinajstić information content (AvgIpc) is 2.41. The molecule has 0 aliphatic carbocycles. The molecule has 3 N–H and O–H groups in total. The summed E-state index contributed by atoms with van der Waals surface area (Å²) in [7, 11) is 3.24. The number of hydrogen-bond acceptors (Lipinski definition) is 4. The maximum atomic E-state index is 5.88. The summed E-state index contributed by atoms with van der Waals surface area (Å²) in [5.74, 6) is 1.46. The monoisotopic (exact) mass is 244 g/mol. The van der Waals surface area contributed by atoms with E-state index in [1.165, 1.54) is 0 Å². The first-order chi connectivity index (χ1) is 8.72. The van der Waals surface area contributed by atoms with Crippen LogP contribution < -0.4 is 20.5 Å². The van der Waals surface area contributed by atoms with Gasteiger partial charge in [0.2, 0.25) is 0 Å². The van der Waals surface area contributed by atoms with Gasteiger partial charge in [0.15, 0.2) is 0 Å². The second-order valence-electron chi connectivity index (χ2n) is 3.81. The second kappa shape index (κ2) is 5.31. The van der Waals surface area contributed by atoms with Gasteiger partial charge >= 0.3 is 0 Å². The normalized spacial score (nSPS) is 9.89. The van der Waals surface area contributed by atoms with Crippen molar-refractivity contribution in [1.29, 1.82) is 0 Å². The van der Waals surface area contributed by atoms with Crippen LogP contribution in [-0.4, -0.2) is 14.2 Å². The minimum Gasteiger partial charge on any atom is -0.497 e. The van der Waals surface area contributed by atoms with Crippen LogP contribution in [0.5, 0.6) is 11.5 Å². The predicted molar refractivity (Wildman–Crippen MR) is 73.7 cm³/mol. The Morgan fingerprint density at radius 1 is 0.944 bits per heavy atom. The quantitative estimate of drug-likeness (QED) is 0.812. The standard InChI is InChI=1S/C14H16N2O2/c1-17-11-7-10(8-12(9-11)18-2)16-14-6-4-3-5-13(14)15/h3-9,16H,15H2,1-2H3. The molecule has 2 aromatic rings. The lowest BCUT2D eigenvalue weighted by Gasteiger charge is -2.12. The highest BCUT2D eigenvalue weighted by Gasteiger charge is 2.03. The maximum absolute atomic E-state index is 5.88. The second-order valence-corrected chi connectivity index (χ2v) is 3.81. The van der Waals surface area contributed by atoms with Crippen LogP contribution in [0.4, 0.5) is 17.1 Å². The van der Waals surface area contributed by atoms with Crippen LogP contribution >= 0.6 is 0 Å². The van der Waals surface area contributed by atoms with Gasteiger partial charge in [0.1, 0.15) is 11.5 Å². The number of rotatable bonds is 4. The number of hydrogen-bond donors (Lipinski definition) is 2. The Kier molecular flexibility index (Phi) is 3.57. The van der Waals surface area contributed by atoms with Crippen molar-refractivity contribution in [3.63, 3.8) is 0 Å². The average molecular weight is 244 g/mol. The van der Waals surface area contributed by atoms with Gasteiger partial charge in [-0.25, -0.2) is 0 Å². The van der Waals surface area contributed by atoms with E-state index in [9.17, 15) is 0 Å². The Morgan fingerprint density at radius 3 is 2.11 bits per heavy atom. The molecule has 0 atom stereocenters. The van der Waals surface area contributed by atoms with E-state index in [0.29, 0.717) is 5.69 Å². The topological polar surface area (TPSA) is 56.5 Å². The Balaban J connectivity index is 2.31. The number of methoxy groups -OCH3 is 2. The van der Waals surface area contributed by atoms with E-state index in [0.717, 1.165) is 22.9 Å². The van der Waals surface area contributed by atoms with Crippen LogP contribution in [-0.2, 0) is 0 Å². The van der Waals surface area contributed by atoms with Crippen LogP contribution in [0, 0.1) is 0 Å². The summed E-state index contributed by atoms with van der Waals surface area (Å²) in [6.45, 7) is 0. The van der Waals surface area contributed by atoms with Crippen molar-refractivity contribution in [2.24, 2.45) is 0 Å². The third-order valence-electron chi connectivity index (χ3n) is 2.59. The van der Waals surface area contributed by atoms with E-state index in [1.807, 2.05) is 42.5 Å². The van der Waals surface area contributed by atoms with Gasteiger partial charge < -0.3 is 20.5 Å². The van der Waals surface area contributed by atoms with Crippen molar-refractivity contribution in [3.05, 3.63) is 42.5 Å². The zero-order chi connectivity index (χ0) is 13.0. The van der Waals surface area contributed by atoms with Crippen molar-refractivity contribution < 1.29 is 9.47 Å². The number of nitrogen functional groups attached to an aromatic ring is 1. The van der Waals surface area contributed by atoms with Gasteiger partial charge in [-0.1, -0.05) is 12.1 Å². The molecule has 0 saturated carbocycles. The van der Waals surface area contributed by atoms with Crippen molar-refractivity contribution in [1.82, 2.24) is 0 Å². The molecule has 0 aliphatic heterocycles. The lowest BCUT2D eigenvalue weighted by molar-refractivity contribution is 0.395. The maximum Gasteiger partial charge on any atom is 0.124 e. The van der Waals surface area contributed by atoms with Crippen molar-refractivity contribution in [2.45, 2.75) is 0 Å². The Bertz CT molecular complexity index is 519. The zero-order valence-corrected chi connectivity index (χ0v) is 10.4. The third kappa shape index (κ3) is 2.66. The molecule has 4 nitrogen and oxygen atoms in total. The molecule has 94 valence electrons. The molecule has 0 saturated heterocycles. The zero-order valence-electron chi connectivity index (χ0n) is 10.4. The molecule has 0 aliphatic rings. The van der Waals surface area contributed by atoms with E-state index in [4.69, 9.17) is 15.2 Å². The van der Waals surface area contributed by atoms with Crippen LogP contribution in [0.15, 0.2) is 42.5 Å². The van der Waals surface area contributed by atoms with E-state index in [-0.39, 0.29) is 0 Å². The number of ether oxygens (including phenoxy) is 2. The Hall–Kier alpha value is -2.36. The van der Waals surface area contributed by atoms with Gasteiger partial charge in [0.25, 0.3) is 0 Å². The highest BCUT2D eigenvalue weighted by molar-refractivity contribution is 5.73. The number of nitrogens with one attached hydrogen (secondary N) is 1. The van der Waals surface area contributed by atoms with Crippen LogP contribution in [0.1, 0.15) is 0 Å². The summed E-state index contributed by atoms with van der Waals surface area (Å²) in [5.41, 5.74) is 8.30. The van der Waals surface area contributed by atoms with Gasteiger partial charge in [-0.3, -0.25) is 0 Å². The molecule has 0 amide bonds. The molecular weight excluding hydrogens is 228 g/mol. The molecule has 0 heterocycles. The summed E-state index contributed by atoms with van der Waals surface area (Å²) in [6.07, 6.45) is 0. The van der Waals surface area contributed by atoms with Gasteiger partial charge in [-0.2, -0.15) is 0 Å². The summed E-state index contributed by atoms with van der Waals surface area (Å²) in [4.78, 5) is 0. The van der Waals surface area contributed by atoms with Crippen molar-refractivity contribution >= 4 is 17.1 Å². The first kappa shape index (κ1) is 12.1. The molecule has 2 rings (SSSR count). The van der Waals surface area contributed by atoms with E-state index in [1.54, 1.807) is 14.2 Å². The molecule has 4 heteroatoms. The van der Waals surface area contributed by atoms with E-state index < -0.39 is 0 Å². The summed E-state index contributed by atoms with van der Waals surface area (Å²) in [5, 5.41) is 3.24. The van der Waals surface area contributed by atoms with Gasteiger partial charge in [0, 0.05) is 23.9 Å². The fourth-order valence-corrected chi connectivity index (χ4v) is 1.65. The van der Waals surface area contributed by atoms with Crippen LogP contribution in [0.2, 0.25) is 0 Å². The molecule has 0 fully saturated rings. The van der Waals surface area contributed by atoms with Gasteiger partial charge in [-0.15, -0.1) is 0 Å². The predicted octanol–water partition coefficient (Wildman–Crippen LogP) is 3.03. The number of benzene rings is 2. The molecule has 2 aromatic carbocycles. The molecular formula is C14H16N2O2. The Morgan fingerprint density at radius 2 is 1.56 bits per heavy atom. The summed E-state index contributed by atoms with van der Waals surface area (Å²) in [6, 6.07) is 13.2. The molecule has 0 aromatic heterocycles. The first-order valence-electron chi connectivity index (χ1n) is 5.57. The highest BCUT2D eigenvalue weighted by Crippen LogP contribution is 2.29. The fourth-order valence-electron chi connectivity index (χ4n) is 1.65. The summed E-state index contributed by atoms with van der Waals surface area (Å²) >= 11 is 0. The lowest BCUT2D eigenvalue weighted by atomic mass is 10.2. The molecule has 0 spiro atoms. The van der Waals surface area contributed by atoms with Crippen LogP contribution in [0.25, 0.3) is 0 Å². The van der Waals surface area contributed by atoms with E-state index in [2.05, 4.69) is 5.32 Å². The number of anilines is 3. The minimum absolute atomic E-state index is 0.694. The largest absolute Gasteiger partial charge is 0.497 e. The Labute approximate surface area is 106 Å². The number of para-hydroxylation sites is 2. The SMILES string of the molecule is COc1cc(Nc2ccccc2N)cc(OC)c1. The summed E-state index contributed by atoms with van der Waals surface area (Å²) < 4.78 is 10.4. The van der Waals surface area contributed by atoms with Crippen LogP contribution in [0.3, 0.4) is 0 Å². The lowest BCUT2D eigenvalue weighted by Crippen LogP contribution is -1.97. The third-order valence-corrected chi connectivity index (χ3v) is 2.59. The molecule has 18 heavy (non-hydrogen) atoms. The van der Waals surface area contributed by atoms with Gasteiger partial charge in [-0.05, 0) is 12.1 Å². The first-order valence-corrected chi connectivity index (χ1v) is 5.57. The molecule has 0 bridgehead atoms.